The zero-order chi connectivity index (χ0) is 7.71. The number of nitrogens with zero attached hydrogens (tertiary/aromatic N) is 1. The van der Waals surface area contributed by atoms with E-state index >= 15 is 0 Å². The second-order valence-electron chi connectivity index (χ2n) is 3.30. The Labute approximate surface area is 62.5 Å². The van der Waals surface area contributed by atoms with Crippen molar-refractivity contribution in [3.8, 4) is 6.07 Å². The van der Waals surface area contributed by atoms with Gasteiger partial charge in [0.05, 0.1) is 11.5 Å². The molecule has 0 unspecified atom stereocenters. The first kappa shape index (κ1) is 8.84. The van der Waals surface area contributed by atoms with Gasteiger partial charge in [-0.25, -0.2) is 0 Å². The molecule has 0 saturated carbocycles. The third-order valence-corrected chi connectivity index (χ3v) is 2.37. The third-order valence-electron chi connectivity index (χ3n) is 1.81. The maximum atomic E-state index is 8.63. The predicted octanol–water partition coefficient (Wildman–Crippen LogP) is 2.24. The highest BCUT2D eigenvalue weighted by Crippen LogP contribution is 2.34. The molecule has 0 amide bonds. The quantitative estimate of drug-likeness (QED) is 0.559. The molecule has 52 valence electrons. The minimum atomic E-state index is -0.351. The number of thiol groups is 1. The molecule has 0 heterocycles. The Bertz CT molecular complexity index is 136. The van der Waals surface area contributed by atoms with E-state index in [4.69, 9.17) is 5.26 Å². The fourth-order valence-electron chi connectivity index (χ4n) is 0.137. The first-order valence-corrected chi connectivity index (χ1v) is 3.39. The zero-order valence-electron chi connectivity index (χ0n) is 6.39. The Hall–Kier alpha value is -0.160. The monoisotopic (exact) mass is 143 g/mol. The summed E-state index contributed by atoms with van der Waals surface area (Å²) in [4.78, 5) is 0. The van der Waals surface area contributed by atoms with E-state index in [-0.39, 0.29) is 10.2 Å². The molecule has 0 aliphatic rings. The lowest BCUT2D eigenvalue weighted by Gasteiger charge is -2.30. The van der Waals surface area contributed by atoms with Gasteiger partial charge in [0.1, 0.15) is 0 Å². The number of hydrogen-bond acceptors (Lipinski definition) is 2. The Kier molecular flexibility index (Phi) is 2.19. The molecule has 0 aliphatic heterocycles. The van der Waals surface area contributed by atoms with Gasteiger partial charge in [-0.15, -0.1) is 0 Å². The van der Waals surface area contributed by atoms with Crippen molar-refractivity contribution in [2.45, 2.75) is 32.4 Å². The highest BCUT2D eigenvalue weighted by molar-refractivity contribution is 7.81. The summed E-state index contributed by atoms with van der Waals surface area (Å²) >= 11 is 4.29. The van der Waals surface area contributed by atoms with Gasteiger partial charge in [0.25, 0.3) is 0 Å². The van der Waals surface area contributed by atoms with E-state index in [1.807, 2.05) is 27.7 Å². The molecule has 9 heavy (non-hydrogen) atoms. The summed E-state index contributed by atoms with van der Waals surface area (Å²) in [5, 5.41) is 8.63. The first-order valence-electron chi connectivity index (χ1n) is 2.95. The van der Waals surface area contributed by atoms with Crippen LogP contribution < -0.4 is 0 Å². The van der Waals surface area contributed by atoms with Crippen LogP contribution in [-0.2, 0) is 0 Å². The number of hydrogen-bond donors (Lipinski definition) is 1. The largest absolute Gasteiger partial charge is 0.198 e. The highest BCUT2D eigenvalue weighted by atomic mass is 32.1. The van der Waals surface area contributed by atoms with Crippen molar-refractivity contribution in [2.75, 3.05) is 0 Å². The molecule has 0 aromatic rings. The second-order valence-corrected chi connectivity index (χ2v) is 4.41. The average molecular weight is 143 g/mol. The van der Waals surface area contributed by atoms with Gasteiger partial charge in [-0.2, -0.15) is 17.9 Å². The van der Waals surface area contributed by atoms with Crippen molar-refractivity contribution in [1.82, 2.24) is 0 Å². The zero-order valence-corrected chi connectivity index (χ0v) is 7.29. The fraction of sp³-hybridized carbons (Fsp3) is 0.857. The predicted molar refractivity (Wildman–Crippen MR) is 42.5 cm³/mol. The molecule has 0 fully saturated rings. The topological polar surface area (TPSA) is 23.8 Å². The van der Waals surface area contributed by atoms with Gasteiger partial charge in [-0.3, -0.25) is 0 Å². The van der Waals surface area contributed by atoms with Crippen LogP contribution in [0.1, 0.15) is 27.7 Å². The maximum Gasteiger partial charge on any atom is 0.0698 e. The van der Waals surface area contributed by atoms with Crippen molar-refractivity contribution in [3.63, 3.8) is 0 Å². The summed E-state index contributed by atoms with van der Waals surface area (Å²) in [7, 11) is 0. The van der Waals surface area contributed by atoms with Crippen molar-refractivity contribution < 1.29 is 0 Å². The fourth-order valence-corrected chi connectivity index (χ4v) is 0.187. The molecule has 0 bridgehead atoms. The first-order chi connectivity index (χ1) is 3.81. The molecule has 0 saturated heterocycles. The minimum Gasteiger partial charge on any atom is -0.198 e. The average Bonchev–Trinajstić information content (AvgIpc) is 1.64. The smallest absolute Gasteiger partial charge is 0.0698 e. The van der Waals surface area contributed by atoms with Crippen molar-refractivity contribution in [3.05, 3.63) is 0 Å². The Balaban J connectivity index is 4.39. The van der Waals surface area contributed by atoms with Gasteiger partial charge >= 0.3 is 0 Å². The summed E-state index contributed by atoms with van der Waals surface area (Å²) < 4.78 is -0.220. The van der Waals surface area contributed by atoms with Gasteiger partial charge < -0.3 is 0 Å². The highest BCUT2D eigenvalue weighted by Gasteiger charge is 2.33. The van der Waals surface area contributed by atoms with Crippen LogP contribution in [0.25, 0.3) is 0 Å². The van der Waals surface area contributed by atoms with E-state index in [2.05, 4.69) is 18.7 Å². The van der Waals surface area contributed by atoms with E-state index in [1.165, 1.54) is 0 Å². The van der Waals surface area contributed by atoms with Crippen LogP contribution in [0.2, 0.25) is 0 Å². The lowest BCUT2D eigenvalue weighted by Crippen LogP contribution is -2.31. The third kappa shape index (κ3) is 1.91. The molecule has 0 rings (SSSR count). The molecule has 2 heteroatoms. The summed E-state index contributed by atoms with van der Waals surface area (Å²) in [6.07, 6.45) is 0. The Morgan fingerprint density at radius 1 is 1.22 bits per heavy atom. The van der Waals surface area contributed by atoms with E-state index in [0.717, 1.165) is 0 Å². The molecule has 0 N–H and O–H groups in total. The van der Waals surface area contributed by atoms with Crippen molar-refractivity contribution in [2.24, 2.45) is 5.41 Å². The van der Waals surface area contributed by atoms with Gasteiger partial charge in [-0.05, 0) is 27.7 Å². The SMILES string of the molecule is CC(C)(S)C(C)(C)C#N. The molecular weight excluding hydrogens is 130 g/mol. The number of nitriles is 1. The van der Waals surface area contributed by atoms with Crippen LogP contribution in [0.4, 0.5) is 0 Å². The summed E-state index contributed by atoms with van der Waals surface area (Å²) in [6, 6.07) is 2.20. The molecule has 0 aromatic carbocycles. The molecule has 0 aromatic heterocycles. The van der Waals surface area contributed by atoms with E-state index in [1.54, 1.807) is 0 Å². The van der Waals surface area contributed by atoms with Crippen LogP contribution in [0.5, 0.6) is 0 Å². The lowest BCUT2D eigenvalue weighted by atomic mass is 9.82. The van der Waals surface area contributed by atoms with Crippen LogP contribution in [0.15, 0.2) is 0 Å². The van der Waals surface area contributed by atoms with E-state index in [0.29, 0.717) is 0 Å². The Morgan fingerprint density at radius 2 is 1.56 bits per heavy atom. The minimum absolute atomic E-state index is 0.220. The van der Waals surface area contributed by atoms with E-state index in [9.17, 15) is 0 Å². The standard InChI is InChI=1S/C7H13NS/c1-6(2,5-8)7(3,4)9/h9H,1-4H3. The number of rotatable bonds is 1. The van der Waals surface area contributed by atoms with Crippen molar-refractivity contribution >= 4 is 12.6 Å². The van der Waals surface area contributed by atoms with Gasteiger partial charge in [0.2, 0.25) is 0 Å². The summed E-state index contributed by atoms with van der Waals surface area (Å²) in [5.74, 6) is 0. The molecule has 0 spiro atoms. The second kappa shape index (κ2) is 2.22. The molecule has 0 atom stereocenters. The van der Waals surface area contributed by atoms with Gasteiger partial charge in [0.15, 0.2) is 0 Å². The lowest BCUT2D eigenvalue weighted by molar-refractivity contribution is 0.388. The van der Waals surface area contributed by atoms with Crippen LogP contribution >= 0.6 is 12.6 Å². The summed E-state index contributed by atoms with van der Waals surface area (Å²) in [5.41, 5.74) is -0.351. The normalized spacial score (nSPS) is 12.9. The van der Waals surface area contributed by atoms with Gasteiger partial charge in [0, 0.05) is 4.75 Å². The van der Waals surface area contributed by atoms with Crippen molar-refractivity contribution in [1.29, 1.82) is 5.26 Å². The van der Waals surface area contributed by atoms with Crippen LogP contribution in [0, 0.1) is 16.7 Å². The van der Waals surface area contributed by atoms with E-state index < -0.39 is 0 Å². The molecule has 0 radical (unpaired) electrons. The van der Waals surface area contributed by atoms with Crippen LogP contribution in [0.3, 0.4) is 0 Å². The Morgan fingerprint density at radius 3 is 1.56 bits per heavy atom. The summed E-state index contributed by atoms with van der Waals surface area (Å²) in [6.45, 7) is 7.67. The van der Waals surface area contributed by atoms with Gasteiger partial charge in [-0.1, -0.05) is 0 Å². The molecular formula is C7H13NS. The maximum absolute atomic E-state index is 8.63. The molecule has 0 aliphatic carbocycles. The van der Waals surface area contributed by atoms with Crippen LogP contribution in [-0.4, -0.2) is 4.75 Å². The molecule has 1 nitrogen and oxygen atoms in total.